The number of unbranched alkanes of at least 4 members (excludes halogenated alkanes) is 3. The zero-order valence-corrected chi connectivity index (χ0v) is 17.8. The lowest BCUT2D eigenvalue weighted by atomic mass is 9.87. The summed E-state index contributed by atoms with van der Waals surface area (Å²) in [5.41, 5.74) is 1.82. The molecule has 0 saturated heterocycles. The molecule has 0 radical (unpaired) electrons. The molecule has 3 nitrogen and oxygen atoms in total. The molecule has 0 aliphatic heterocycles. The first-order chi connectivity index (χ1) is 13.4. The first kappa shape index (κ1) is 24.0. The molecule has 1 aromatic carbocycles. The second-order valence-electron chi connectivity index (χ2n) is 7.88. The van der Waals surface area contributed by atoms with E-state index in [1.165, 1.54) is 5.57 Å². The number of rotatable bonds is 15. The largest absolute Gasteiger partial charge is 0.300 e. The van der Waals surface area contributed by atoms with Crippen molar-refractivity contribution < 1.29 is 14.4 Å². The molecule has 1 rings (SSSR count). The summed E-state index contributed by atoms with van der Waals surface area (Å²) in [6.45, 7) is 6.17. The van der Waals surface area contributed by atoms with Gasteiger partial charge < -0.3 is 0 Å². The highest BCUT2D eigenvalue weighted by Gasteiger charge is 2.23. The van der Waals surface area contributed by atoms with Crippen molar-refractivity contribution in [1.82, 2.24) is 0 Å². The van der Waals surface area contributed by atoms with Gasteiger partial charge in [-0.2, -0.15) is 0 Å². The molecule has 0 aromatic heterocycles. The van der Waals surface area contributed by atoms with Crippen LogP contribution in [0.3, 0.4) is 0 Å². The van der Waals surface area contributed by atoms with Crippen molar-refractivity contribution in [3.8, 4) is 0 Å². The maximum atomic E-state index is 12.9. The van der Waals surface area contributed by atoms with Gasteiger partial charge >= 0.3 is 0 Å². The van der Waals surface area contributed by atoms with E-state index in [2.05, 4.69) is 6.92 Å². The maximum Gasteiger partial charge on any atom is 0.166 e. The Hall–Kier alpha value is -2.03. The molecule has 0 saturated carbocycles. The zero-order chi connectivity index (χ0) is 20.8. The number of carbonyl (C=O) groups is 3. The summed E-state index contributed by atoms with van der Waals surface area (Å²) in [5, 5.41) is 0. The Balaban J connectivity index is 2.64. The predicted octanol–water partition coefficient (Wildman–Crippen LogP) is 6.51. The smallest absolute Gasteiger partial charge is 0.166 e. The number of allylic oxidation sites excluding steroid dienone is 2. The molecule has 0 aliphatic rings. The van der Waals surface area contributed by atoms with Crippen LogP contribution in [0, 0.1) is 5.92 Å². The predicted molar refractivity (Wildman–Crippen MR) is 116 cm³/mol. The second-order valence-corrected chi connectivity index (χ2v) is 7.88. The van der Waals surface area contributed by atoms with Crippen molar-refractivity contribution in [1.29, 1.82) is 0 Å². The third-order valence-corrected chi connectivity index (χ3v) is 4.96. The summed E-state index contributed by atoms with van der Waals surface area (Å²) in [7, 11) is 0. The first-order valence-electron chi connectivity index (χ1n) is 10.7. The van der Waals surface area contributed by atoms with Crippen LogP contribution in [0.25, 0.3) is 0 Å². The lowest BCUT2D eigenvalue weighted by Crippen LogP contribution is -2.20. The molecule has 3 heteroatoms. The highest BCUT2D eigenvalue weighted by atomic mass is 16.1. The summed E-state index contributed by atoms with van der Waals surface area (Å²) in [4.78, 5) is 37.5. The minimum atomic E-state index is -0.402. The molecule has 0 aliphatic carbocycles. The zero-order valence-electron chi connectivity index (χ0n) is 17.8. The summed E-state index contributed by atoms with van der Waals surface area (Å²) in [6, 6.07) is 9.11. The first-order valence-corrected chi connectivity index (χ1v) is 10.7. The van der Waals surface area contributed by atoms with Gasteiger partial charge in [-0.15, -0.1) is 0 Å². The minimum Gasteiger partial charge on any atom is -0.300 e. The van der Waals surface area contributed by atoms with Gasteiger partial charge in [0.25, 0.3) is 0 Å². The van der Waals surface area contributed by atoms with Gasteiger partial charge in [-0.25, -0.2) is 0 Å². The van der Waals surface area contributed by atoms with E-state index in [0.29, 0.717) is 37.7 Å². The van der Waals surface area contributed by atoms with E-state index < -0.39 is 5.92 Å². The van der Waals surface area contributed by atoms with Crippen LogP contribution in [0.4, 0.5) is 0 Å². The average Bonchev–Trinajstić information content (AvgIpc) is 2.68. The van der Waals surface area contributed by atoms with Gasteiger partial charge in [-0.1, -0.05) is 68.2 Å². The Bertz CT molecular complexity index is 639. The number of carbonyl (C=O) groups excluding carboxylic acids is 3. The normalized spacial score (nSPS) is 11.7. The third-order valence-electron chi connectivity index (χ3n) is 4.96. The lowest BCUT2D eigenvalue weighted by molar-refractivity contribution is -0.121. The molecular weight excluding hydrogens is 348 g/mol. The molecular formula is C25H36O3. The Morgan fingerprint density at radius 2 is 1.61 bits per heavy atom. The molecule has 28 heavy (non-hydrogen) atoms. The van der Waals surface area contributed by atoms with Crippen molar-refractivity contribution in [2.45, 2.75) is 85.0 Å². The Morgan fingerprint density at radius 1 is 0.893 bits per heavy atom. The van der Waals surface area contributed by atoms with Gasteiger partial charge in [0.05, 0.1) is 0 Å². The van der Waals surface area contributed by atoms with E-state index in [0.717, 1.165) is 25.7 Å². The Labute approximate surface area is 170 Å². The van der Waals surface area contributed by atoms with Crippen molar-refractivity contribution in [3.63, 3.8) is 0 Å². The Morgan fingerprint density at radius 3 is 2.25 bits per heavy atom. The van der Waals surface area contributed by atoms with E-state index >= 15 is 0 Å². The fourth-order valence-electron chi connectivity index (χ4n) is 3.27. The molecule has 1 atom stereocenters. The van der Waals surface area contributed by atoms with Gasteiger partial charge in [-0.05, 0) is 33.1 Å². The molecule has 0 spiro atoms. The SMILES string of the molecule is CCCCCCC(=O)CCC(CC(=O)CCC=C(C)C)C(=O)c1ccccc1. The quantitative estimate of drug-likeness (QED) is 0.197. The number of benzene rings is 1. The number of hydrogen-bond acceptors (Lipinski definition) is 3. The average molecular weight is 385 g/mol. The van der Waals surface area contributed by atoms with Gasteiger partial charge in [0.2, 0.25) is 0 Å². The highest BCUT2D eigenvalue weighted by Crippen LogP contribution is 2.21. The van der Waals surface area contributed by atoms with Gasteiger partial charge in [0.15, 0.2) is 5.78 Å². The van der Waals surface area contributed by atoms with Crippen molar-refractivity contribution in [2.75, 3.05) is 0 Å². The summed E-state index contributed by atoms with van der Waals surface area (Å²) in [5.74, 6) is -0.114. The van der Waals surface area contributed by atoms with Crippen LogP contribution < -0.4 is 0 Å². The van der Waals surface area contributed by atoms with Crippen LogP contribution in [0.1, 0.15) is 95.3 Å². The monoisotopic (exact) mass is 384 g/mol. The number of hydrogen-bond donors (Lipinski definition) is 0. The van der Waals surface area contributed by atoms with E-state index in [-0.39, 0.29) is 23.8 Å². The fourth-order valence-corrected chi connectivity index (χ4v) is 3.27. The van der Waals surface area contributed by atoms with Crippen molar-refractivity contribution in [3.05, 3.63) is 47.5 Å². The molecule has 0 fully saturated rings. The van der Waals surface area contributed by atoms with Crippen LogP contribution in [0.15, 0.2) is 42.0 Å². The van der Waals surface area contributed by atoms with Crippen LogP contribution >= 0.6 is 0 Å². The topological polar surface area (TPSA) is 51.2 Å². The van der Waals surface area contributed by atoms with E-state index in [1.54, 1.807) is 12.1 Å². The molecule has 154 valence electrons. The molecule has 0 heterocycles. The van der Waals surface area contributed by atoms with Crippen molar-refractivity contribution >= 4 is 17.3 Å². The lowest BCUT2D eigenvalue weighted by Gasteiger charge is -2.15. The highest BCUT2D eigenvalue weighted by molar-refractivity contribution is 6.00. The minimum absolute atomic E-state index is 0.0186. The summed E-state index contributed by atoms with van der Waals surface area (Å²) >= 11 is 0. The summed E-state index contributed by atoms with van der Waals surface area (Å²) in [6.07, 6.45) is 9.19. The Kier molecular flexibility index (Phi) is 12.0. The molecule has 0 N–H and O–H groups in total. The maximum absolute atomic E-state index is 12.9. The van der Waals surface area contributed by atoms with E-state index in [4.69, 9.17) is 0 Å². The van der Waals surface area contributed by atoms with E-state index in [1.807, 2.05) is 38.1 Å². The van der Waals surface area contributed by atoms with Crippen LogP contribution in [-0.4, -0.2) is 17.3 Å². The van der Waals surface area contributed by atoms with Crippen molar-refractivity contribution in [2.24, 2.45) is 5.92 Å². The van der Waals surface area contributed by atoms with Crippen LogP contribution in [-0.2, 0) is 9.59 Å². The van der Waals surface area contributed by atoms with Gasteiger partial charge in [-0.3, -0.25) is 14.4 Å². The summed E-state index contributed by atoms with van der Waals surface area (Å²) < 4.78 is 0. The molecule has 0 bridgehead atoms. The number of Topliss-reactive ketones (excluding diaryl/α,β-unsaturated/α-hetero) is 3. The van der Waals surface area contributed by atoms with Gasteiger partial charge in [0, 0.05) is 37.2 Å². The van der Waals surface area contributed by atoms with E-state index in [9.17, 15) is 14.4 Å². The van der Waals surface area contributed by atoms with Gasteiger partial charge in [0.1, 0.15) is 11.6 Å². The molecule has 1 unspecified atom stereocenters. The van der Waals surface area contributed by atoms with Crippen LogP contribution in [0.2, 0.25) is 0 Å². The standard InChI is InChI=1S/C25H36O3/c1-4-5-6-10-15-23(26)18-17-22(19-24(27)16-11-12-20(2)3)25(28)21-13-8-7-9-14-21/h7-9,12-14,22H,4-6,10-11,15-19H2,1-3H3. The third kappa shape index (κ3) is 10.3. The van der Waals surface area contributed by atoms with Crippen LogP contribution in [0.5, 0.6) is 0 Å². The molecule has 1 aromatic rings. The molecule has 0 amide bonds. The second kappa shape index (κ2) is 14.0. The fraction of sp³-hybridized carbons (Fsp3) is 0.560. The number of ketones is 3.